The van der Waals surface area contributed by atoms with Gasteiger partial charge in [-0.1, -0.05) is 6.08 Å². The molecule has 0 aromatic carbocycles. The van der Waals surface area contributed by atoms with E-state index in [-0.39, 0.29) is 6.61 Å². The smallest absolute Gasteiger partial charge is 0.407 e. The zero-order chi connectivity index (χ0) is 14.9. The van der Waals surface area contributed by atoms with Crippen molar-refractivity contribution in [2.75, 3.05) is 6.61 Å². The maximum Gasteiger partial charge on any atom is 0.407 e. The van der Waals surface area contributed by atoms with Crippen LogP contribution >= 0.6 is 0 Å². The van der Waals surface area contributed by atoms with Crippen LogP contribution < -0.4 is 5.32 Å². The number of hydrogen-bond donors (Lipinski definition) is 2. The summed E-state index contributed by atoms with van der Waals surface area (Å²) >= 11 is 0. The van der Waals surface area contributed by atoms with E-state index < -0.39 is 30.7 Å². The summed E-state index contributed by atoms with van der Waals surface area (Å²) < 4.78 is 40.7. The quantitative estimate of drug-likeness (QED) is 0.530. The molecule has 1 amide bonds. The van der Waals surface area contributed by atoms with Crippen molar-refractivity contribution in [1.82, 2.24) is 5.32 Å². The number of aliphatic carboxylic acids is 1. The van der Waals surface area contributed by atoms with Crippen molar-refractivity contribution >= 4 is 12.1 Å². The highest BCUT2D eigenvalue weighted by atomic mass is 19.4. The van der Waals surface area contributed by atoms with Gasteiger partial charge in [-0.3, -0.25) is 0 Å². The van der Waals surface area contributed by atoms with Crippen LogP contribution in [0.15, 0.2) is 12.7 Å². The van der Waals surface area contributed by atoms with Gasteiger partial charge in [-0.15, -0.1) is 6.58 Å². The predicted molar refractivity (Wildman–Crippen MR) is 60.6 cm³/mol. The number of carboxylic acid groups (broad SMARTS) is 1. The molecule has 110 valence electrons. The monoisotopic (exact) mass is 283 g/mol. The molecule has 0 unspecified atom stereocenters. The van der Waals surface area contributed by atoms with E-state index in [1.54, 1.807) is 11.4 Å². The Kier molecular flexibility index (Phi) is 7.62. The van der Waals surface area contributed by atoms with Crippen LogP contribution in [0.3, 0.4) is 0 Å². The van der Waals surface area contributed by atoms with E-state index in [0.29, 0.717) is 6.42 Å². The molecule has 0 heterocycles. The van der Waals surface area contributed by atoms with Crippen LogP contribution in [0.25, 0.3) is 0 Å². The second-order valence-electron chi connectivity index (χ2n) is 3.77. The topological polar surface area (TPSA) is 75.6 Å². The third-order valence-electron chi connectivity index (χ3n) is 2.06. The average Bonchev–Trinajstić information content (AvgIpc) is 2.26. The lowest BCUT2D eigenvalue weighted by Gasteiger charge is -2.16. The lowest BCUT2D eigenvalue weighted by molar-refractivity contribution is -0.158. The Bertz CT molecular complexity index is 318. The Morgan fingerprint density at radius 1 is 1.37 bits per heavy atom. The van der Waals surface area contributed by atoms with Crippen LogP contribution in [0.5, 0.6) is 0 Å². The molecule has 0 saturated heterocycles. The first-order valence-corrected chi connectivity index (χ1v) is 5.60. The van der Waals surface area contributed by atoms with Gasteiger partial charge in [0.25, 0.3) is 0 Å². The Hall–Kier alpha value is -1.73. The molecule has 8 heteroatoms. The predicted octanol–water partition coefficient (Wildman–Crippen LogP) is 2.47. The molecule has 0 rings (SSSR count). The van der Waals surface area contributed by atoms with E-state index in [1.807, 2.05) is 0 Å². The van der Waals surface area contributed by atoms with Crippen molar-refractivity contribution in [2.24, 2.45) is 0 Å². The van der Waals surface area contributed by atoms with Gasteiger partial charge in [0.2, 0.25) is 0 Å². The maximum atomic E-state index is 12.0. The van der Waals surface area contributed by atoms with E-state index in [0.717, 1.165) is 12.8 Å². The Balaban J connectivity index is 4.04. The van der Waals surface area contributed by atoms with Crippen molar-refractivity contribution in [2.45, 2.75) is 37.9 Å². The Labute approximate surface area is 108 Å². The van der Waals surface area contributed by atoms with Crippen molar-refractivity contribution in [3.63, 3.8) is 0 Å². The summed E-state index contributed by atoms with van der Waals surface area (Å²) in [5.41, 5.74) is 0. The first kappa shape index (κ1) is 17.3. The number of halogens is 3. The van der Waals surface area contributed by atoms with Crippen LogP contribution in [0.4, 0.5) is 18.0 Å². The van der Waals surface area contributed by atoms with Crippen LogP contribution in [-0.2, 0) is 9.53 Å². The summed E-state index contributed by atoms with van der Waals surface area (Å²) in [5, 5.41) is 10.2. The molecule has 1 atom stereocenters. The highest BCUT2D eigenvalue weighted by Crippen LogP contribution is 2.21. The van der Waals surface area contributed by atoms with Gasteiger partial charge in [0.1, 0.15) is 6.04 Å². The fourth-order valence-corrected chi connectivity index (χ4v) is 1.17. The molecule has 2 N–H and O–H groups in total. The number of alkyl halides is 3. The number of amides is 1. The zero-order valence-corrected chi connectivity index (χ0v) is 10.2. The number of carbonyl (C=O) groups is 2. The molecule has 0 aliphatic carbocycles. The highest BCUT2D eigenvalue weighted by molar-refractivity contribution is 5.79. The number of ether oxygens (including phenoxy) is 1. The maximum absolute atomic E-state index is 12.0. The van der Waals surface area contributed by atoms with Crippen LogP contribution in [0.2, 0.25) is 0 Å². The fourth-order valence-electron chi connectivity index (χ4n) is 1.17. The number of alkyl carbamates (subject to hydrolysis) is 1. The highest BCUT2D eigenvalue weighted by Gasteiger charge is 2.36. The molecular formula is C11H16F3NO4. The van der Waals surface area contributed by atoms with Crippen molar-refractivity contribution in [1.29, 1.82) is 0 Å². The first-order chi connectivity index (χ1) is 8.76. The Morgan fingerprint density at radius 2 is 2.00 bits per heavy atom. The van der Waals surface area contributed by atoms with Gasteiger partial charge in [0.15, 0.2) is 0 Å². The lowest BCUT2D eigenvalue weighted by Crippen LogP contribution is -2.43. The third kappa shape index (κ3) is 9.93. The Morgan fingerprint density at radius 3 is 2.47 bits per heavy atom. The number of carbonyl (C=O) groups excluding carboxylic acids is 1. The number of carboxylic acids is 1. The summed E-state index contributed by atoms with van der Waals surface area (Å²) in [5.74, 6) is -1.76. The molecule has 0 spiro atoms. The zero-order valence-electron chi connectivity index (χ0n) is 10.2. The van der Waals surface area contributed by atoms with E-state index in [1.165, 1.54) is 0 Å². The standard InChI is InChI=1S/C11H16F3NO4/c1-2-3-4-5-6-19-10(18)15-8(9(16)17)7-11(12,13)14/h2,8H,1,3-7H2,(H,15,18)(H,16,17)/t8-/m0/s1. The molecule has 0 aromatic heterocycles. The molecule has 0 aromatic rings. The van der Waals surface area contributed by atoms with Gasteiger partial charge < -0.3 is 15.2 Å². The lowest BCUT2D eigenvalue weighted by atomic mass is 10.2. The van der Waals surface area contributed by atoms with Crippen molar-refractivity contribution in [3.8, 4) is 0 Å². The van der Waals surface area contributed by atoms with Gasteiger partial charge in [-0.05, 0) is 19.3 Å². The summed E-state index contributed by atoms with van der Waals surface area (Å²) in [6.45, 7) is 3.51. The molecule has 5 nitrogen and oxygen atoms in total. The number of rotatable bonds is 8. The molecule has 0 aliphatic rings. The normalized spacial score (nSPS) is 12.6. The summed E-state index contributed by atoms with van der Waals surface area (Å²) in [7, 11) is 0. The van der Waals surface area contributed by atoms with Gasteiger partial charge in [-0.25, -0.2) is 9.59 Å². The molecule has 0 saturated carbocycles. The van der Waals surface area contributed by atoms with E-state index in [4.69, 9.17) is 5.11 Å². The first-order valence-electron chi connectivity index (χ1n) is 5.60. The SMILES string of the molecule is C=CCCCCOC(=O)N[C@@H](CC(F)(F)F)C(=O)O. The van der Waals surface area contributed by atoms with Crippen LogP contribution in [-0.4, -0.2) is 36.0 Å². The minimum atomic E-state index is -4.68. The molecule has 0 fully saturated rings. The average molecular weight is 283 g/mol. The number of allylic oxidation sites excluding steroid dienone is 1. The molecule has 0 aliphatic heterocycles. The number of nitrogens with one attached hydrogen (secondary N) is 1. The second kappa shape index (κ2) is 8.39. The molecule has 19 heavy (non-hydrogen) atoms. The van der Waals surface area contributed by atoms with Crippen molar-refractivity contribution in [3.05, 3.63) is 12.7 Å². The summed E-state index contributed by atoms with van der Waals surface area (Å²) in [6.07, 6.45) is -3.83. The summed E-state index contributed by atoms with van der Waals surface area (Å²) in [4.78, 5) is 21.6. The largest absolute Gasteiger partial charge is 0.480 e. The molecular weight excluding hydrogens is 267 g/mol. The van der Waals surface area contributed by atoms with Crippen LogP contribution in [0.1, 0.15) is 25.7 Å². The third-order valence-corrected chi connectivity index (χ3v) is 2.06. The van der Waals surface area contributed by atoms with Gasteiger partial charge in [-0.2, -0.15) is 13.2 Å². The fraction of sp³-hybridized carbons (Fsp3) is 0.636. The molecule has 0 bridgehead atoms. The van der Waals surface area contributed by atoms with Gasteiger partial charge in [0, 0.05) is 0 Å². The van der Waals surface area contributed by atoms with E-state index in [2.05, 4.69) is 11.3 Å². The van der Waals surface area contributed by atoms with E-state index in [9.17, 15) is 22.8 Å². The minimum absolute atomic E-state index is 0.0119. The number of hydrogen-bond acceptors (Lipinski definition) is 3. The van der Waals surface area contributed by atoms with Gasteiger partial charge in [0.05, 0.1) is 13.0 Å². The number of unbranched alkanes of at least 4 members (excludes halogenated alkanes) is 2. The summed E-state index contributed by atoms with van der Waals surface area (Å²) in [6, 6.07) is -2.04. The van der Waals surface area contributed by atoms with Crippen LogP contribution in [0, 0.1) is 0 Å². The van der Waals surface area contributed by atoms with E-state index >= 15 is 0 Å². The second-order valence-corrected chi connectivity index (χ2v) is 3.77. The molecule has 0 radical (unpaired) electrons. The van der Waals surface area contributed by atoms with Gasteiger partial charge >= 0.3 is 18.2 Å². The minimum Gasteiger partial charge on any atom is -0.480 e. The van der Waals surface area contributed by atoms with Crippen molar-refractivity contribution < 1.29 is 32.6 Å².